The van der Waals surface area contributed by atoms with E-state index in [2.05, 4.69) is 9.47 Å². The number of carbonyl (C=O) groups is 2. The van der Waals surface area contributed by atoms with Crippen molar-refractivity contribution in [1.82, 2.24) is 0 Å². The minimum atomic E-state index is -0.653. The molecule has 0 saturated heterocycles. The molecule has 0 spiro atoms. The van der Waals surface area contributed by atoms with Gasteiger partial charge in [-0.1, -0.05) is 0 Å². The Morgan fingerprint density at radius 3 is 1.62 bits per heavy atom. The van der Waals surface area contributed by atoms with Crippen LogP contribution in [0.15, 0.2) is 0 Å². The molecule has 0 fully saturated rings. The summed E-state index contributed by atoms with van der Waals surface area (Å²) in [5.41, 5.74) is 0. The number of carbonyl (C=O) groups excluding carboxylic acids is 2. The Morgan fingerprint density at radius 2 is 1.31 bits per heavy atom. The van der Waals surface area contributed by atoms with Crippen LogP contribution in [-0.2, 0) is 19.1 Å². The second-order valence-corrected chi connectivity index (χ2v) is 2.14. The average molecular weight is 192 g/mol. The molecule has 6 heteroatoms. The van der Waals surface area contributed by atoms with Crippen molar-refractivity contribution < 1.29 is 29.3 Å². The van der Waals surface area contributed by atoms with Gasteiger partial charge in [-0.15, -0.1) is 0 Å². The summed E-state index contributed by atoms with van der Waals surface area (Å²) >= 11 is 0. The number of hydrogen-bond donors (Lipinski definition) is 2. The monoisotopic (exact) mass is 192 g/mol. The van der Waals surface area contributed by atoms with Gasteiger partial charge in [0.25, 0.3) is 0 Å². The molecule has 0 aliphatic carbocycles. The molecule has 0 saturated carbocycles. The SMILES string of the molecule is O=C(CCCC(=O)OCO)OCO. The van der Waals surface area contributed by atoms with Gasteiger partial charge in [0.2, 0.25) is 0 Å². The van der Waals surface area contributed by atoms with Crippen molar-refractivity contribution in [3.63, 3.8) is 0 Å². The molecule has 0 aliphatic heterocycles. The number of rotatable bonds is 6. The summed E-state index contributed by atoms with van der Waals surface area (Å²) in [6.45, 7) is -1.31. The molecule has 0 rings (SSSR count). The Kier molecular flexibility index (Phi) is 6.85. The minimum absolute atomic E-state index is 0.0427. The Balaban J connectivity index is 3.33. The topological polar surface area (TPSA) is 93.1 Å². The molecule has 0 aliphatic rings. The van der Waals surface area contributed by atoms with Crippen LogP contribution < -0.4 is 0 Å². The third-order valence-corrected chi connectivity index (χ3v) is 1.21. The van der Waals surface area contributed by atoms with Crippen LogP contribution in [0.1, 0.15) is 19.3 Å². The molecule has 0 heterocycles. The maximum Gasteiger partial charge on any atom is 0.307 e. The van der Waals surface area contributed by atoms with Crippen molar-refractivity contribution in [2.75, 3.05) is 13.6 Å². The Bertz CT molecular complexity index is 148. The zero-order valence-corrected chi connectivity index (χ0v) is 7.06. The van der Waals surface area contributed by atoms with E-state index in [1.807, 2.05) is 0 Å². The van der Waals surface area contributed by atoms with Gasteiger partial charge < -0.3 is 19.7 Å². The molecule has 76 valence electrons. The first-order valence-corrected chi connectivity index (χ1v) is 3.73. The van der Waals surface area contributed by atoms with Crippen molar-refractivity contribution in [2.24, 2.45) is 0 Å². The van der Waals surface area contributed by atoms with Gasteiger partial charge in [0.15, 0.2) is 13.6 Å². The summed E-state index contributed by atoms with van der Waals surface area (Å²) in [5.74, 6) is -1.14. The van der Waals surface area contributed by atoms with Gasteiger partial charge in [-0.25, -0.2) is 0 Å². The van der Waals surface area contributed by atoms with Crippen LogP contribution in [0.4, 0.5) is 0 Å². The number of esters is 2. The molecule has 0 atom stereocenters. The lowest BCUT2D eigenvalue weighted by Gasteiger charge is -2.01. The third kappa shape index (κ3) is 7.23. The summed E-state index contributed by atoms with van der Waals surface area (Å²) in [5, 5.41) is 16.3. The van der Waals surface area contributed by atoms with E-state index in [4.69, 9.17) is 10.2 Å². The highest BCUT2D eigenvalue weighted by molar-refractivity contribution is 5.72. The highest BCUT2D eigenvalue weighted by Gasteiger charge is 2.05. The van der Waals surface area contributed by atoms with E-state index in [0.29, 0.717) is 0 Å². The van der Waals surface area contributed by atoms with Gasteiger partial charge >= 0.3 is 11.9 Å². The van der Waals surface area contributed by atoms with Crippen LogP contribution in [0.2, 0.25) is 0 Å². The Morgan fingerprint density at radius 1 is 0.923 bits per heavy atom. The first kappa shape index (κ1) is 11.9. The standard InChI is InChI=1S/C7H12O6/c8-4-12-6(10)2-1-3-7(11)13-5-9/h8-9H,1-5H2. The number of hydrogen-bond acceptors (Lipinski definition) is 6. The fourth-order valence-electron chi connectivity index (χ4n) is 0.665. The first-order chi connectivity index (χ1) is 6.20. The highest BCUT2D eigenvalue weighted by atomic mass is 16.6. The lowest BCUT2D eigenvalue weighted by molar-refractivity contribution is -0.153. The van der Waals surface area contributed by atoms with Gasteiger partial charge in [-0.05, 0) is 6.42 Å². The third-order valence-electron chi connectivity index (χ3n) is 1.21. The van der Waals surface area contributed by atoms with E-state index in [-0.39, 0.29) is 19.3 Å². The van der Waals surface area contributed by atoms with E-state index in [0.717, 1.165) is 0 Å². The maximum atomic E-state index is 10.6. The zero-order chi connectivity index (χ0) is 10.1. The Hall–Kier alpha value is -1.14. The van der Waals surface area contributed by atoms with E-state index >= 15 is 0 Å². The van der Waals surface area contributed by atoms with Crippen molar-refractivity contribution in [3.05, 3.63) is 0 Å². The predicted octanol–water partition coefficient (Wildman–Crippen LogP) is -0.857. The second-order valence-electron chi connectivity index (χ2n) is 2.14. The van der Waals surface area contributed by atoms with Crippen LogP contribution >= 0.6 is 0 Å². The molecule has 0 aromatic rings. The smallest absolute Gasteiger partial charge is 0.307 e. The molecule has 13 heavy (non-hydrogen) atoms. The molecule has 0 aromatic heterocycles. The number of aliphatic hydroxyl groups is 2. The lowest BCUT2D eigenvalue weighted by Crippen LogP contribution is -2.08. The molecular weight excluding hydrogens is 180 g/mol. The van der Waals surface area contributed by atoms with Crippen LogP contribution in [0.3, 0.4) is 0 Å². The van der Waals surface area contributed by atoms with E-state index in [1.165, 1.54) is 0 Å². The molecule has 2 N–H and O–H groups in total. The molecule has 0 bridgehead atoms. The number of ether oxygens (including phenoxy) is 2. The molecule has 6 nitrogen and oxygen atoms in total. The summed E-state index contributed by atoms with van der Waals surface area (Å²) in [7, 11) is 0. The van der Waals surface area contributed by atoms with Crippen LogP contribution in [0.25, 0.3) is 0 Å². The largest absolute Gasteiger partial charge is 0.439 e. The molecule has 0 radical (unpaired) electrons. The van der Waals surface area contributed by atoms with E-state index < -0.39 is 25.5 Å². The van der Waals surface area contributed by atoms with Crippen LogP contribution in [0, 0.1) is 0 Å². The average Bonchev–Trinajstić information content (AvgIpc) is 2.05. The van der Waals surface area contributed by atoms with Gasteiger partial charge in [-0.2, -0.15) is 0 Å². The molecule has 0 amide bonds. The van der Waals surface area contributed by atoms with Crippen molar-refractivity contribution in [1.29, 1.82) is 0 Å². The van der Waals surface area contributed by atoms with Crippen LogP contribution in [-0.4, -0.2) is 35.7 Å². The zero-order valence-electron chi connectivity index (χ0n) is 7.06. The summed E-state index contributed by atoms with van der Waals surface area (Å²) in [6.07, 6.45) is 0.361. The summed E-state index contributed by atoms with van der Waals surface area (Å²) < 4.78 is 8.40. The predicted molar refractivity (Wildman–Crippen MR) is 40.2 cm³/mol. The first-order valence-electron chi connectivity index (χ1n) is 3.73. The van der Waals surface area contributed by atoms with Gasteiger partial charge in [0.1, 0.15) is 0 Å². The molecular formula is C7H12O6. The van der Waals surface area contributed by atoms with Gasteiger partial charge in [-0.3, -0.25) is 9.59 Å². The van der Waals surface area contributed by atoms with Crippen LogP contribution in [0.5, 0.6) is 0 Å². The fourth-order valence-corrected chi connectivity index (χ4v) is 0.665. The minimum Gasteiger partial charge on any atom is -0.439 e. The van der Waals surface area contributed by atoms with Crippen molar-refractivity contribution >= 4 is 11.9 Å². The highest BCUT2D eigenvalue weighted by Crippen LogP contribution is 1.99. The maximum absolute atomic E-state index is 10.6. The quantitative estimate of drug-likeness (QED) is 0.420. The Labute approximate surface area is 75.1 Å². The summed E-state index contributed by atoms with van der Waals surface area (Å²) in [4.78, 5) is 21.2. The molecule has 0 aromatic carbocycles. The van der Waals surface area contributed by atoms with Crippen molar-refractivity contribution in [2.45, 2.75) is 19.3 Å². The van der Waals surface area contributed by atoms with E-state index in [1.54, 1.807) is 0 Å². The van der Waals surface area contributed by atoms with Crippen molar-refractivity contribution in [3.8, 4) is 0 Å². The molecule has 0 unspecified atom stereocenters. The summed E-state index contributed by atoms with van der Waals surface area (Å²) in [6, 6.07) is 0. The lowest BCUT2D eigenvalue weighted by atomic mass is 10.2. The number of aliphatic hydroxyl groups excluding tert-OH is 2. The fraction of sp³-hybridized carbons (Fsp3) is 0.714. The second kappa shape index (κ2) is 7.51. The van der Waals surface area contributed by atoms with E-state index in [9.17, 15) is 9.59 Å². The normalized spacial score (nSPS) is 9.38. The van der Waals surface area contributed by atoms with Gasteiger partial charge in [0, 0.05) is 12.8 Å². The van der Waals surface area contributed by atoms with Gasteiger partial charge in [0.05, 0.1) is 0 Å².